The second-order valence-corrected chi connectivity index (χ2v) is 5.66. The number of methoxy groups -OCH3 is 1. The van der Waals surface area contributed by atoms with Gasteiger partial charge in [-0.05, 0) is 46.4 Å². The molecular weight excluding hydrogens is 365 g/mol. The lowest BCUT2D eigenvalue weighted by Gasteiger charge is -2.17. The average molecular weight is 383 g/mol. The number of hydrogen-bond acceptors (Lipinski definition) is 3. The van der Waals surface area contributed by atoms with Crippen molar-refractivity contribution in [1.82, 2.24) is 0 Å². The molecule has 0 saturated heterocycles. The third-order valence-corrected chi connectivity index (χ3v) is 3.68. The molecule has 0 aliphatic heterocycles. The Bertz CT molecular complexity index is 560. The Balaban J connectivity index is 2.23. The van der Waals surface area contributed by atoms with Crippen LogP contribution in [0.1, 0.15) is 17.2 Å². The zero-order valence-electron chi connectivity index (χ0n) is 11.4. The smallest absolute Gasteiger partial charge is 0.124 e. The molecule has 0 bridgehead atoms. The van der Waals surface area contributed by atoms with Crippen LogP contribution in [0.15, 0.2) is 48.5 Å². The number of ether oxygens (including phenoxy) is 2. The largest absolute Gasteiger partial charge is 0.491 e. The second kappa shape index (κ2) is 7.61. The fourth-order valence-corrected chi connectivity index (χ4v) is 2.55. The Kier molecular flexibility index (Phi) is 5.82. The normalized spacial score (nSPS) is 12.2. The lowest BCUT2D eigenvalue weighted by Crippen LogP contribution is -2.14. The predicted octanol–water partition coefficient (Wildman–Crippen LogP) is 3.36. The van der Waals surface area contributed by atoms with E-state index in [1.807, 2.05) is 36.4 Å². The molecule has 0 saturated carbocycles. The molecule has 0 aromatic heterocycles. The van der Waals surface area contributed by atoms with Gasteiger partial charge < -0.3 is 15.2 Å². The van der Waals surface area contributed by atoms with Crippen LogP contribution in [0.3, 0.4) is 0 Å². The van der Waals surface area contributed by atoms with Gasteiger partial charge in [0.05, 0.1) is 12.6 Å². The Morgan fingerprint density at radius 1 is 1.10 bits per heavy atom. The molecule has 0 amide bonds. The van der Waals surface area contributed by atoms with Crippen molar-refractivity contribution in [2.75, 3.05) is 20.3 Å². The van der Waals surface area contributed by atoms with Crippen LogP contribution in [0.2, 0.25) is 0 Å². The van der Waals surface area contributed by atoms with E-state index in [0.29, 0.717) is 13.2 Å². The highest BCUT2D eigenvalue weighted by atomic mass is 127. The van der Waals surface area contributed by atoms with Gasteiger partial charge in [0, 0.05) is 16.2 Å². The zero-order chi connectivity index (χ0) is 14.4. The summed E-state index contributed by atoms with van der Waals surface area (Å²) >= 11 is 2.29. The van der Waals surface area contributed by atoms with Gasteiger partial charge in [-0.3, -0.25) is 0 Å². The van der Waals surface area contributed by atoms with Crippen molar-refractivity contribution in [3.8, 4) is 5.75 Å². The molecule has 2 aromatic carbocycles. The lowest BCUT2D eigenvalue weighted by atomic mass is 9.99. The molecule has 106 valence electrons. The van der Waals surface area contributed by atoms with Gasteiger partial charge in [-0.2, -0.15) is 0 Å². The van der Waals surface area contributed by atoms with Crippen molar-refractivity contribution in [2.24, 2.45) is 5.73 Å². The SMILES string of the molecule is COCCOc1ccccc1C(N)c1cccc(I)c1. The first-order chi connectivity index (χ1) is 9.72. The molecule has 2 rings (SSSR count). The van der Waals surface area contributed by atoms with Crippen LogP contribution >= 0.6 is 22.6 Å². The van der Waals surface area contributed by atoms with Gasteiger partial charge >= 0.3 is 0 Å². The Morgan fingerprint density at radius 3 is 2.65 bits per heavy atom. The van der Waals surface area contributed by atoms with E-state index < -0.39 is 0 Å². The number of hydrogen-bond donors (Lipinski definition) is 1. The summed E-state index contributed by atoms with van der Waals surface area (Å²) < 4.78 is 11.9. The maximum Gasteiger partial charge on any atom is 0.124 e. The van der Waals surface area contributed by atoms with E-state index in [1.54, 1.807) is 7.11 Å². The molecule has 0 heterocycles. The fourth-order valence-electron chi connectivity index (χ4n) is 1.98. The maximum absolute atomic E-state index is 6.38. The molecule has 3 nitrogen and oxygen atoms in total. The van der Waals surface area contributed by atoms with Gasteiger partial charge in [-0.1, -0.05) is 30.3 Å². The first-order valence-corrected chi connectivity index (χ1v) is 7.52. The molecule has 0 aliphatic rings. The minimum absolute atomic E-state index is 0.191. The first kappa shape index (κ1) is 15.3. The summed E-state index contributed by atoms with van der Waals surface area (Å²) in [6.07, 6.45) is 0. The summed E-state index contributed by atoms with van der Waals surface area (Å²) in [5, 5.41) is 0. The Morgan fingerprint density at radius 2 is 1.90 bits per heavy atom. The van der Waals surface area contributed by atoms with Crippen LogP contribution in [0.4, 0.5) is 0 Å². The molecule has 0 fully saturated rings. The van der Waals surface area contributed by atoms with E-state index in [2.05, 4.69) is 34.7 Å². The van der Waals surface area contributed by atoms with Crippen molar-refractivity contribution < 1.29 is 9.47 Å². The van der Waals surface area contributed by atoms with E-state index in [-0.39, 0.29) is 6.04 Å². The highest BCUT2D eigenvalue weighted by Gasteiger charge is 2.14. The van der Waals surface area contributed by atoms with Crippen LogP contribution in [0.25, 0.3) is 0 Å². The molecule has 0 radical (unpaired) electrons. The molecule has 1 atom stereocenters. The van der Waals surface area contributed by atoms with Crippen molar-refractivity contribution in [3.63, 3.8) is 0 Å². The third-order valence-electron chi connectivity index (χ3n) is 3.01. The monoisotopic (exact) mass is 383 g/mol. The van der Waals surface area contributed by atoms with Gasteiger partial charge in [0.15, 0.2) is 0 Å². The molecule has 20 heavy (non-hydrogen) atoms. The first-order valence-electron chi connectivity index (χ1n) is 6.44. The van der Waals surface area contributed by atoms with Crippen LogP contribution in [0.5, 0.6) is 5.75 Å². The maximum atomic E-state index is 6.38. The summed E-state index contributed by atoms with van der Waals surface area (Å²) in [5.41, 5.74) is 8.45. The van der Waals surface area contributed by atoms with Crippen molar-refractivity contribution in [3.05, 3.63) is 63.2 Å². The third kappa shape index (κ3) is 3.94. The minimum Gasteiger partial charge on any atom is -0.491 e. The quantitative estimate of drug-likeness (QED) is 0.615. The standard InChI is InChI=1S/C16H18INO2/c1-19-9-10-20-15-8-3-2-7-14(15)16(18)12-5-4-6-13(17)11-12/h2-8,11,16H,9-10,18H2,1H3. The van der Waals surface area contributed by atoms with E-state index in [9.17, 15) is 0 Å². The van der Waals surface area contributed by atoms with E-state index in [4.69, 9.17) is 15.2 Å². The highest BCUT2D eigenvalue weighted by Crippen LogP contribution is 2.28. The van der Waals surface area contributed by atoms with E-state index >= 15 is 0 Å². The molecule has 0 spiro atoms. The van der Waals surface area contributed by atoms with Gasteiger partial charge in [-0.25, -0.2) is 0 Å². The van der Waals surface area contributed by atoms with Gasteiger partial charge in [0.25, 0.3) is 0 Å². The van der Waals surface area contributed by atoms with E-state index in [1.165, 1.54) is 3.57 Å². The second-order valence-electron chi connectivity index (χ2n) is 4.41. The summed E-state index contributed by atoms with van der Waals surface area (Å²) in [6, 6.07) is 15.9. The lowest BCUT2D eigenvalue weighted by molar-refractivity contribution is 0.145. The van der Waals surface area contributed by atoms with Crippen LogP contribution in [-0.4, -0.2) is 20.3 Å². The van der Waals surface area contributed by atoms with Gasteiger partial charge in [0.2, 0.25) is 0 Å². The molecule has 1 unspecified atom stereocenters. The van der Waals surface area contributed by atoms with Crippen LogP contribution < -0.4 is 10.5 Å². The molecule has 2 N–H and O–H groups in total. The predicted molar refractivity (Wildman–Crippen MR) is 89.0 cm³/mol. The van der Waals surface area contributed by atoms with Crippen LogP contribution in [-0.2, 0) is 4.74 Å². The number of nitrogens with two attached hydrogens (primary N) is 1. The van der Waals surface area contributed by atoms with Crippen LogP contribution in [0, 0.1) is 3.57 Å². The molecule has 4 heteroatoms. The number of para-hydroxylation sites is 1. The molecular formula is C16H18INO2. The van der Waals surface area contributed by atoms with Crippen molar-refractivity contribution >= 4 is 22.6 Å². The Labute approximate surface area is 133 Å². The fraction of sp³-hybridized carbons (Fsp3) is 0.250. The topological polar surface area (TPSA) is 44.5 Å². The number of rotatable bonds is 6. The zero-order valence-corrected chi connectivity index (χ0v) is 13.5. The van der Waals surface area contributed by atoms with E-state index in [0.717, 1.165) is 16.9 Å². The highest BCUT2D eigenvalue weighted by molar-refractivity contribution is 14.1. The summed E-state index contributed by atoms with van der Waals surface area (Å²) in [5.74, 6) is 0.816. The minimum atomic E-state index is -0.191. The number of benzene rings is 2. The Hall–Kier alpha value is -1.11. The van der Waals surface area contributed by atoms with Crippen molar-refractivity contribution in [1.29, 1.82) is 0 Å². The van der Waals surface area contributed by atoms with Gasteiger partial charge in [-0.15, -0.1) is 0 Å². The molecule has 0 aliphatic carbocycles. The average Bonchev–Trinajstić information content (AvgIpc) is 2.47. The van der Waals surface area contributed by atoms with Crippen molar-refractivity contribution in [2.45, 2.75) is 6.04 Å². The molecule has 2 aromatic rings. The van der Waals surface area contributed by atoms with Gasteiger partial charge in [0.1, 0.15) is 12.4 Å². The summed E-state index contributed by atoms with van der Waals surface area (Å²) in [4.78, 5) is 0. The summed E-state index contributed by atoms with van der Waals surface area (Å²) in [7, 11) is 1.66. The number of halogens is 1. The summed E-state index contributed by atoms with van der Waals surface area (Å²) in [6.45, 7) is 1.08.